The standard InChI is InChI=1S/C24H26ClFN4O4S2/c1-3-33-23(32)21-15-7-5-4-6-8-18(15)36-22(21)27-20(31)13-35-24-29-28-19(30(24)2)12-34-17-10-9-14(26)11-16(17)25/h9-11H,3-8,12-13H2,1-2H3,(H,27,31). The number of aromatic nitrogens is 3. The van der Waals surface area contributed by atoms with E-state index in [1.54, 1.807) is 18.5 Å². The SMILES string of the molecule is CCOC(=O)c1c(NC(=O)CSc2nnc(COc3ccc(F)cc3Cl)n2C)sc2c1CCCCC2. The van der Waals surface area contributed by atoms with Gasteiger partial charge in [0.25, 0.3) is 0 Å². The van der Waals surface area contributed by atoms with Gasteiger partial charge in [-0.1, -0.05) is 29.8 Å². The number of fused-ring (bicyclic) bond motifs is 1. The van der Waals surface area contributed by atoms with E-state index in [4.69, 9.17) is 21.1 Å². The lowest BCUT2D eigenvalue weighted by Crippen LogP contribution is -2.17. The number of ether oxygens (including phenoxy) is 2. The Bertz CT molecular complexity index is 1260. The molecule has 0 saturated carbocycles. The second-order valence-corrected chi connectivity index (χ2v) is 10.6. The number of nitrogens with one attached hydrogen (secondary N) is 1. The quantitative estimate of drug-likeness (QED) is 0.215. The number of nitrogens with zero attached hydrogens (tertiary/aromatic N) is 3. The Morgan fingerprint density at radius 2 is 2.06 bits per heavy atom. The summed E-state index contributed by atoms with van der Waals surface area (Å²) < 4.78 is 25.8. The maximum absolute atomic E-state index is 13.2. The third-order valence-electron chi connectivity index (χ3n) is 5.66. The van der Waals surface area contributed by atoms with Crippen molar-refractivity contribution in [3.63, 3.8) is 0 Å². The Hall–Kier alpha value is -2.63. The molecule has 2 heterocycles. The Labute approximate surface area is 221 Å². The number of benzene rings is 1. The molecule has 192 valence electrons. The first-order valence-corrected chi connectivity index (χ1v) is 13.8. The van der Waals surface area contributed by atoms with Crippen molar-refractivity contribution in [2.75, 3.05) is 17.7 Å². The van der Waals surface area contributed by atoms with Crippen LogP contribution in [0.4, 0.5) is 9.39 Å². The Morgan fingerprint density at radius 3 is 2.83 bits per heavy atom. The van der Waals surface area contributed by atoms with Crippen molar-refractivity contribution in [3.8, 4) is 5.75 Å². The van der Waals surface area contributed by atoms with Gasteiger partial charge in [0.2, 0.25) is 5.91 Å². The molecule has 1 aliphatic carbocycles. The van der Waals surface area contributed by atoms with Crippen LogP contribution in [0.2, 0.25) is 5.02 Å². The number of anilines is 1. The number of esters is 1. The van der Waals surface area contributed by atoms with Crippen LogP contribution < -0.4 is 10.1 Å². The topological polar surface area (TPSA) is 95.3 Å². The lowest BCUT2D eigenvalue weighted by atomic mass is 10.1. The van der Waals surface area contributed by atoms with Crippen molar-refractivity contribution in [2.24, 2.45) is 7.05 Å². The molecule has 1 N–H and O–H groups in total. The first-order valence-electron chi connectivity index (χ1n) is 11.6. The average Bonchev–Trinajstić information content (AvgIpc) is 3.27. The van der Waals surface area contributed by atoms with E-state index in [0.717, 1.165) is 42.5 Å². The van der Waals surface area contributed by atoms with Crippen molar-refractivity contribution >= 4 is 51.6 Å². The van der Waals surface area contributed by atoms with Gasteiger partial charge in [-0.2, -0.15) is 0 Å². The average molecular weight is 553 g/mol. The van der Waals surface area contributed by atoms with E-state index in [9.17, 15) is 14.0 Å². The second kappa shape index (κ2) is 12.1. The predicted octanol–water partition coefficient (Wildman–Crippen LogP) is 5.42. The Morgan fingerprint density at radius 1 is 1.25 bits per heavy atom. The van der Waals surface area contributed by atoms with Crippen LogP contribution in [0.3, 0.4) is 0 Å². The highest BCUT2D eigenvalue weighted by Gasteiger charge is 2.26. The summed E-state index contributed by atoms with van der Waals surface area (Å²) in [5, 5.41) is 12.4. The number of amides is 1. The highest BCUT2D eigenvalue weighted by Crippen LogP contribution is 2.38. The van der Waals surface area contributed by atoms with Crippen molar-refractivity contribution in [1.82, 2.24) is 14.8 Å². The Kier molecular flexibility index (Phi) is 8.86. The number of hydrogen-bond acceptors (Lipinski definition) is 8. The van der Waals surface area contributed by atoms with Gasteiger partial charge in [-0.15, -0.1) is 21.5 Å². The summed E-state index contributed by atoms with van der Waals surface area (Å²) in [4.78, 5) is 26.6. The molecule has 0 bridgehead atoms. The lowest BCUT2D eigenvalue weighted by Gasteiger charge is -2.09. The number of hydrogen-bond donors (Lipinski definition) is 1. The number of carbonyl (C=O) groups is 2. The van der Waals surface area contributed by atoms with Gasteiger partial charge < -0.3 is 19.4 Å². The van der Waals surface area contributed by atoms with Gasteiger partial charge in [-0.3, -0.25) is 4.79 Å². The van der Waals surface area contributed by atoms with E-state index < -0.39 is 5.82 Å². The minimum atomic E-state index is -0.449. The van der Waals surface area contributed by atoms with Gasteiger partial charge in [0.05, 0.1) is 22.9 Å². The van der Waals surface area contributed by atoms with Crippen LogP contribution in [0.5, 0.6) is 5.75 Å². The molecule has 36 heavy (non-hydrogen) atoms. The molecule has 1 aliphatic rings. The van der Waals surface area contributed by atoms with Crippen LogP contribution >= 0.6 is 34.7 Å². The maximum Gasteiger partial charge on any atom is 0.341 e. The van der Waals surface area contributed by atoms with E-state index >= 15 is 0 Å². The van der Waals surface area contributed by atoms with Gasteiger partial charge in [-0.05, 0) is 56.4 Å². The molecule has 1 amide bonds. The van der Waals surface area contributed by atoms with Gasteiger partial charge >= 0.3 is 5.97 Å². The first-order chi connectivity index (χ1) is 17.4. The van der Waals surface area contributed by atoms with Crippen LogP contribution in [-0.4, -0.2) is 39.0 Å². The van der Waals surface area contributed by atoms with E-state index in [1.165, 1.54) is 41.3 Å². The van der Waals surface area contributed by atoms with Gasteiger partial charge in [0.15, 0.2) is 11.0 Å². The van der Waals surface area contributed by atoms with Crippen LogP contribution in [0.15, 0.2) is 23.4 Å². The summed E-state index contributed by atoms with van der Waals surface area (Å²) in [5.41, 5.74) is 1.51. The van der Waals surface area contributed by atoms with Gasteiger partial charge in [0, 0.05) is 11.9 Å². The summed E-state index contributed by atoms with van der Waals surface area (Å²) in [6.45, 7) is 2.12. The van der Waals surface area contributed by atoms with Gasteiger partial charge in [-0.25, -0.2) is 9.18 Å². The fourth-order valence-electron chi connectivity index (χ4n) is 3.87. The van der Waals surface area contributed by atoms with Crippen molar-refractivity contribution in [3.05, 3.63) is 50.9 Å². The number of rotatable bonds is 9. The molecule has 12 heteroatoms. The lowest BCUT2D eigenvalue weighted by molar-refractivity contribution is -0.113. The summed E-state index contributed by atoms with van der Waals surface area (Å²) in [5.74, 6) is -0.150. The van der Waals surface area contributed by atoms with Crippen molar-refractivity contribution in [1.29, 1.82) is 0 Å². The number of aryl methyl sites for hydroxylation is 1. The summed E-state index contributed by atoms with van der Waals surface area (Å²) >= 11 is 8.68. The molecule has 0 saturated heterocycles. The normalized spacial score (nSPS) is 13.1. The van der Waals surface area contributed by atoms with Crippen LogP contribution in [0.25, 0.3) is 0 Å². The molecule has 0 fully saturated rings. The molecule has 0 radical (unpaired) electrons. The monoisotopic (exact) mass is 552 g/mol. The fourth-order valence-corrected chi connectivity index (χ4v) is 6.12. The first kappa shape index (κ1) is 26.4. The van der Waals surface area contributed by atoms with E-state index in [1.807, 2.05) is 0 Å². The summed E-state index contributed by atoms with van der Waals surface area (Å²) in [6.07, 6.45) is 4.95. The summed E-state index contributed by atoms with van der Waals surface area (Å²) in [7, 11) is 1.76. The second-order valence-electron chi connectivity index (χ2n) is 8.15. The zero-order valence-electron chi connectivity index (χ0n) is 19.9. The molecule has 8 nitrogen and oxygen atoms in total. The third kappa shape index (κ3) is 6.19. The molecular weight excluding hydrogens is 527 g/mol. The zero-order chi connectivity index (χ0) is 25.7. The number of carbonyl (C=O) groups excluding carboxylic acids is 2. The molecular formula is C24H26ClFN4O4S2. The molecule has 1 aromatic carbocycles. The molecule has 0 atom stereocenters. The number of halogens is 2. The van der Waals surface area contributed by atoms with Gasteiger partial charge in [0.1, 0.15) is 23.2 Å². The molecule has 0 unspecified atom stereocenters. The largest absolute Gasteiger partial charge is 0.484 e. The summed E-state index contributed by atoms with van der Waals surface area (Å²) in [6, 6.07) is 3.88. The minimum absolute atomic E-state index is 0.0747. The van der Waals surface area contributed by atoms with Crippen LogP contribution in [-0.2, 0) is 36.0 Å². The number of thiophene rings is 1. The highest BCUT2D eigenvalue weighted by molar-refractivity contribution is 7.99. The zero-order valence-corrected chi connectivity index (χ0v) is 22.3. The third-order valence-corrected chi connectivity index (χ3v) is 8.18. The highest BCUT2D eigenvalue weighted by atomic mass is 35.5. The smallest absolute Gasteiger partial charge is 0.341 e. The predicted molar refractivity (Wildman–Crippen MR) is 138 cm³/mol. The Balaban J connectivity index is 1.39. The maximum atomic E-state index is 13.2. The van der Waals surface area contributed by atoms with E-state index in [-0.39, 0.29) is 35.9 Å². The van der Waals surface area contributed by atoms with Crippen LogP contribution in [0.1, 0.15) is 52.8 Å². The fraction of sp³-hybridized carbons (Fsp3) is 0.417. The molecule has 4 rings (SSSR count). The van der Waals surface area contributed by atoms with Crippen LogP contribution in [0, 0.1) is 5.82 Å². The molecule has 0 aliphatic heterocycles. The molecule has 3 aromatic rings. The molecule has 2 aromatic heterocycles. The minimum Gasteiger partial charge on any atom is -0.484 e. The van der Waals surface area contributed by atoms with E-state index in [0.29, 0.717) is 27.3 Å². The van der Waals surface area contributed by atoms with E-state index in [2.05, 4.69) is 15.5 Å². The van der Waals surface area contributed by atoms with Crippen molar-refractivity contribution < 1.29 is 23.5 Å². The van der Waals surface area contributed by atoms with Crippen molar-refractivity contribution in [2.45, 2.75) is 50.8 Å². The molecule has 0 spiro atoms. The number of thioether (sulfide) groups is 1.